The Labute approximate surface area is 197 Å². The van der Waals surface area contributed by atoms with Gasteiger partial charge in [-0.2, -0.15) is 11.8 Å². The molecule has 33 heavy (non-hydrogen) atoms. The van der Waals surface area contributed by atoms with Gasteiger partial charge in [-0.25, -0.2) is 9.48 Å². The van der Waals surface area contributed by atoms with Gasteiger partial charge < -0.3 is 19.5 Å². The van der Waals surface area contributed by atoms with Crippen molar-refractivity contribution in [2.24, 2.45) is 0 Å². The summed E-state index contributed by atoms with van der Waals surface area (Å²) >= 11 is 2.12. The van der Waals surface area contributed by atoms with Crippen LogP contribution in [0.4, 0.5) is 0 Å². The quantitative estimate of drug-likeness (QED) is 0.458. The van der Waals surface area contributed by atoms with Crippen molar-refractivity contribution in [3.63, 3.8) is 0 Å². The van der Waals surface area contributed by atoms with Gasteiger partial charge in [-0.1, -0.05) is 0 Å². The number of benzene rings is 1. The summed E-state index contributed by atoms with van der Waals surface area (Å²) in [5.41, 5.74) is 0.251. The maximum absolute atomic E-state index is 11.6. The molecule has 0 bridgehead atoms. The molecule has 1 aromatic carbocycles. The van der Waals surface area contributed by atoms with E-state index >= 15 is 0 Å². The fourth-order valence-electron chi connectivity index (χ4n) is 5.13. The van der Waals surface area contributed by atoms with Crippen LogP contribution in [0.2, 0.25) is 0 Å². The zero-order chi connectivity index (χ0) is 22.7. The molecule has 178 valence electrons. The summed E-state index contributed by atoms with van der Waals surface area (Å²) in [7, 11) is 1.38. The fraction of sp³-hybridized carbons (Fsp3) is 0.652. The molecule has 9 nitrogen and oxygen atoms in total. The van der Waals surface area contributed by atoms with Crippen LogP contribution in [0.25, 0.3) is 0 Å². The first kappa shape index (κ1) is 22.6. The Kier molecular flexibility index (Phi) is 6.58. The van der Waals surface area contributed by atoms with Gasteiger partial charge in [0, 0.05) is 17.9 Å². The van der Waals surface area contributed by atoms with Crippen LogP contribution in [0, 0.1) is 0 Å². The van der Waals surface area contributed by atoms with Gasteiger partial charge in [0.25, 0.3) is 0 Å². The molecule has 0 amide bonds. The summed E-state index contributed by atoms with van der Waals surface area (Å²) in [5.74, 6) is 2.58. The van der Waals surface area contributed by atoms with Crippen molar-refractivity contribution in [1.29, 1.82) is 0 Å². The minimum absolute atomic E-state index is 0.201. The molecule has 1 N–H and O–H groups in total. The van der Waals surface area contributed by atoms with Crippen LogP contribution >= 0.6 is 11.8 Å². The van der Waals surface area contributed by atoms with Gasteiger partial charge in [-0.3, -0.25) is 0 Å². The summed E-state index contributed by atoms with van der Waals surface area (Å²) in [6, 6.07) is 7.21. The molecule has 2 saturated heterocycles. The average molecular weight is 474 g/mol. The number of esters is 1. The molecule has 10 heteroatoms. The molecular formula is C23H31N5O4S. The molecule has 2 aliphatic heterocycles. The number of nitrogens with one attached hydrogen (secondary N) is 1. The van der Waals surface area contributed by atoms with E-state index in [2.05, 4.69) is 32.6 Å². The highest BCUT2D eigenvalue weighted by Crippen LogP contribution is 2.54. The lowest BCUT2D eigenvalue weighted by molar-refractivity contribution is 0.0600. The van der Waals surface area contributed by atoms with E-state index in [9.17, 15) is 4.79 Å². The van der Waals surface area contributed by atoms with Gasteiger partial charge >= 0.3 is 5.97 Å². The van der Waals surface area contributed by atoms with E-state index in [0.717, 1.165) is 37.4 Å². The number of methoxy groups -OCH3 is 1. The Morgan fingerprint density at radius 1 is 1.24 bits per heavy atom. The number of carbonyl (C=O) groups is 1. The lowest BCUT2D eigenvalue weighted by Crippen LogP contribution is -2.53. The molecule has 3 aliphatic rings. The van der Waals surface area contributed by atoms with Crippen LogP contribution in [0.1, 0.15) is 60.7 Å². The summed E-state index contributed by atoms with van der Waals surface area (Å²) in [5, 5.41) is 16.7. The van der Waals surface area contributed by atoms with Gasteiger partial charge in [-0.15, -0.1) is 5.10 Å². The third kappa shape index (κ3) is 4.61. The maximum atomic E-state index is 11.6. The van der Waals surface area contributed by atoms with E-state index in [0.29, 0.717) is 30.1 Å². The molecular weight excluding hydrogens is 442 g/mol. The van der Waals surface area contributed by atoms with Crippen LogP contribution in [0.15, 0.2) is 24.3 Å². The van der Waals surface area contributed by atoms with Crippen LogP contribution < -0.4 is 10.1 Å². The fourth-order valence-corrected chi connectivity index (χ4v) is 6.41. The van der Waals surface area contributed by atoms with Crippen LogP contribution in [-0.2, 0) is 15.0 Å². The van der Waals surface area contributed by atoms with Gasteiger partial charge in [0.2, 0.25) is 0 Å². The molecule has 1 aliphatic carbocycles. The van der Waals surface area contributed by atoms with E-state index < -0.39 is 0 Å². The zero-order valence-corrected chi connectivity index (χ0v) is 19.8. The maximum Gasteiger partial charge on any atom is 0.337 e. The average Bonchev–Trinajstić information content (AvgIpc) is 3.53. The number of hydrogen-bond acceptors (Lipinski definition) is 9. The van der Waals surface area contributed by atoms with Crippen LogP contribution in [-0.4, -0.2) is 70.2 Å². The molecule has 2 aromatic rings. The number of nitrogens with zero attached hydrogens (tertiary/aromatic N) is 4. The van der Waals surface area contributed by atoms with E-state index in [4.69, 9.17) is 14.2 Å². The van der Waals surface area contributed by atoms with Crippen molar-refractivity contribution in [2.75, 3.05) is 39.2 Å². The number of ether oxygens (including phenoxy) is 3. The molecule has 1 unspecified atom stereocenters. The third-order valence-corrected chi connectivity index (χ3v) is 8.90. The number of thioether (sulfide) groups is 1. The molecule has 1 spiro atoms. The predicted molar refractivity (Wildman–Crippen MR) is 124 cm³/mol. The van der Waals surface area contributed by atoms with E-state index in [1.165, 1.54) is 32.1 Å². The monoisotopic (exact) mass is 473 g/mol. The van der Waals surface area contributed by atoms with Crippen molar-refractivity contribution in [3.05, 3.63) is 35.7 Å². The molecule has 3 heterocycles. The van der Waals surface area contributed by atoms with Crippen molar-refractivity contribution < 1.29 is 19.0 Å². The second-order valence-electron chi connectivity index (χ2n) is 9.12. The van der Waals surface area contributed by atoms with Gasteiger partial charge in [-0.05, 0) is 79.0 Å². The highest BCUT2D eigenvalue weighted by atomic mass is 32.2. The molecule has 5 rings (SSSR count). The number of hydrogen-bond donors (Lipinski definition) is 1. The van der Waals surface area contributed by atoms with E-state index in [1.54, 1.807) is 24.3 Å². The first-order valence-corrected chi connectivity index (χ1v) is 12.7. The van der Waals surface area contributed by atoms with Crippen molar-refractivity contribution in [1.82, 2.24) is 25.5 Å². The molecule has 3 fully saturated rings. The van der Waals surface area contributed by atoms with Crippen molar-refractivity contribution in [2.45, 2.75) is 54.9 Å². The van der Waals surface area contributed by atoms with Crippen molar-refractivity contribution >= 4 is 17.7 Å². The largest absolute Gasteiger partial charge is 0.492 e. The molecule has 1 atom stereocenters. The normalized spacial score (nSPS) is 29.1. The Hall–Kier alpha value is -2.17. The predicted octanol–water partition coefficient (Wildman–Crippen LogP) is 2.73. The van der Waals surface area contributed by atoms with Crippen LogP contribution in [0.5, 0.6) is 5.75 Å². The minimum atomic E-state index is -0.352. The first-order valence-electron chi connectivity index (χ1n) is 11.7. The zero-order valence-electron chi connectivity index (χ0n) is 19.0. The first-order chi connectivity index (χ1) is 16.1. The number of aromatic nitrogens is 4. The third-order valence-electron chi connectivity index (χ3n) is 7.26. The summed E-state index contributed by atoms with van der Waals surface area (Å²) < 4.78 is 18.7. The Morgan fingerprint density at radius 2 is 2.03 bits per heavy atom. The number of tetrazole rings is 1. The Bertz CT molecular complexity index is 946. The number of carbonyl (C=O) groups excluding carboxylic acids is 1. The number of rotatable bonds is 8. The van der Waals surface area contributed by atoms with Crippen LogP contribution in [0.3, 0.4) is 0 Å². The molecule has 0 radical (unpaired) electrons. The second-order valence-corrected chi connectivity index (χ2v) is 10.7. The minimum Gasteiger partial charge on any atom is -0.492 e. The lowest BCUT2D eigenvalue weighted by atomic mass is 9.74. The van der Waals surface area contributed by atoms with Crippen molar-refractivity contribution in [3.8, 4) is 5.75 Å². The van der Waals surface area contributed by atoms with E-state index in [1.807, 2.05) is 4.68 Å². The van der Waals surface area contributed by atoms with Gasteiger partial charge in [0.1, 0.15) is 12.4 Å². The second kappa shape index (κ2) is 9.60. The Balaban J connectivity index is 1.25. The summed E-state index contributed by atoms with van der Waals surface area (Å²) in [6.07, 6.45) is 6.64. The molecule has 1 aromatic heterocycles. The smallest absolute Gasteiger partial charge is 0.337 e. The Morgan fingerprint density at radius 3 is 2.67 bits per heavy atom. The molecule has 1 saturated carbocycles. The summed E-state index contributed by atoms with van der Waals surface area (Å²) in [4.78, 5) is 11.6. The van der Waals surface area contributed by atoms with Gasteiger partial charge in [0.15, 0.2) is 5.82 Å². The highest BCUT2D eigenvalue weighted by molar-refractivity contribution is 8.02. The highest BCUT2D eigenvalue weighted by Gasteiger charge is 2.49. The van der Waals surface area contributed by atoms with E-state index in [-0.39, 0.29) is 17.6 Å². The summed E-state index contributed by atoms with van der Waals surface area (Å²) in [6.45, 7) is 2.60. The van der Waals surface area contributed by atoms with Gasteiger partial charge in [0.05, 0.1) is 30.9 Å². The standard InChI is InChI=1S/C23H31N5O4S/c1-30-20(29)17-2-4-19(5-3-17)32-14-12-24-23(9-7-22(8-10-23)11-15-33-22)21-25-26-27-28(21)18-6-13-31-16-18/h2-5,18,24H,6-16H2,1H3. The topological polar surface area (TPSA) is 100 Å². The SMILES string of the molecule is COC(=O)c1ccc(OCCNC2(c3nnnn3C3CCOC3)CCC3(CCS3)CC2)cc1. The lowest BCUT2D eigenvalue weighted by Gasteiger charge is -2.50.